The molecule has 1 atom stereocenters. The second-order valence-electron chi connectivity index (χ2n) is 6.45. The van der Waals surface area contributed by atoms with E-state index in [-0.39, 0.29) is 5.78 Å². The Morgan fingerprint density at radius 3 is 2.21 bits per heavy atom. The Labute approximate surface area is 163 Å². The molecule has 3 aromatic carbocycles. The molecule has 4 aromatic rings. The number of fused-ring (bicyclic) bond motifs is 1. The van der Waals surface area contributed by atoms with E-state index in [0.29, 0.717) is 16.7 Å². The molecule has 1 aromatic heterocycles. The summed E-state index contributed by atoms with van der Waals surface area (Å²) in [5.74, 6) is -1.62. The Morgan fingerprint density at radius 1 is 0.821 bits per heavy atom. The second-order valence-corrected chi connectivity index (χ2v) is 6.45. The molecule has 4 heteroatoms. The van der Waals surface area contributed by atoms with Gasteiger partial charge in [-0.15, -0.1) is 0 Å². The van der Waals surface area contributed by atoms with Crippen molar-refractivity contribution < 1.29 is 14.7 Å². The molecule has 0 aliphatic carbocycles. The van der Waals surface area contributed by atoms with Crippen molar-refractivity contribution in [2.75, 3.05) is 0 Å². The van der Waals surface area contributed by atoms with E-state index in [2.05, 4.69) is 23.2 Å². The summed E-state index contributed by atoms with van der Waals surface area (Å²) in [6.07, 6.45) is 1.95. The predicted molar refractivity (Wildman–Crippen MR) is 111 cm³/mol. The monoisotopic (exact) mass is 371 g/mol. The number of ketones is 1. The van der Waals surface area contributed by atoms with Gasteiger partial charge in [0.15, 0.2) is 5.78 Å². The molecule has 0 aliphatic rings. The molecule has 0 radical (unpaired) electrons. The molecule has 0 fully saturated rings. The molecule has 28 heavy (non-hydrogen) atoms. The van der Waals surface area contributed by atoms with Crippen LogP contribution in [0, 0.1) is 0 Å². The van der Waals surface area contributed by atoms with Gasteiger partial charge in [-0.05, 0) is 36.1 Å². The standard InChI is InChI=1S/C16H14O3.C8H7N/c1-11(16(18)19)13-8-5-9-14(10-13)15(17)12-6-3-2-4-7-12;1-2-4-8-7(3-1)5-6-9-8/h2-11H,1H3,(H,18,19);1-6,9H. The van der Waals surface area contributed by atoms with E-state index >= 15 is 0 Å². The van der Waals surface area contributed by atoms with Gasteiger partial charge in [-0.1, -0.05) is 66.7 Å². The maximum Gasteiger partial charge on any atom is 0.310 e. The van der Waals surface area contributed by atoms with Crippen LogP contribution in [0.25, 0.3) is 10.9 Å². The van der Waals surface area contributed by atoms with Crippen LogP contribution in [0.2, 0.25) is 0 Å². The first-order valence-corrected chi connectivity index (χ1v) is 9.01. The Bertz CT molecular complexity index is 1050. The smallest absolute Gasteiger partial charge is 0.310 e. The van der Waals surface area contributed by atoms with E-state index < -0.39 is 11.9 Å². The van der Waals surface area contributed by atoms with E-state index in [4.69, 9.17) is 5.11 Å². The zero-order valence-electron chi connectivity index (χ0n) is 15.5. The van der Waals surface area contributed by atoms with Crippen LogP contribution in [0.3, 0.4) is 0 Å². The minimum atomic E-state index is -0.899. The van der Waals surface area contributed by atoms with Gasteiger partial charge in [0.1, 0.15) is 0 Å². The highest BCUT2D eigenvalue weighted by Crippen LogP contribution is 2.18. The van der Waals surface area contributed by atoms with Crippen LogP contribution < -0.4 is 0 Å². The molecule has 4 rings (SSSR count). The molecule has 0 bridgehead atoms. The molecule has 0 spiro atoms. The van der Waals surface area contributed by atoms with Crippen LogP contribution >= 0.6 is 0 Å². The Kier molecular flexibility index (Phi) is 6.02. The number of aliphatic carboxylic acids is 1. The molecule has 4 nitrogen and oxygen atoms in total. The van der Waals surface area contributed by atoms with Crippen LogP contribution in [0.5, 0.6) is 0 Å². The van der Waals surface area contributed by atoms with Gasteiger partial charge in [-0.25, -0.2) is 0 Å². The summed E-state index contributed by atoms with van der Waals surface area (Å²) in [7, 11) is 0. The number of H-pyrrole nitrogens is 1. The second kappa shape index (κ2) is 8.82. The number of carbonyl (C=O) groups is 2. The predicted octanol–water partition coefficient (Wildman–Crippen LogP) is 5.27. The van der Waals surface area contributed by atoms with E-state index in [0.717, 1.165) is 0 Å². The van der Waals surface area contributed by atoms with Crippen LogP contribution in [-0.4, -0.2) is 21.8 Å². The van der Waals surface area contributed by atoms with Gasteiger partial charge in [-0.3, -0.25) is 9.59 Å². The molecule has 1 unspecified atom stereocenters. The topological polar surface area (TPSA) is 70.2 Å². The number of carboxylic acid groups (broad SMARTS) is 1. The highest BCUT2D eigenvalue weighted by molar-refractivity contribution is 6.09. The van der Waals surface area contributed by atoms with Crippen LogP contribution in [0.4, 0.5) is 0 Å². The van der Waals surface area contributed by atoms with Crippen molar-refractivity contribution in [2.24, 2.45) is 0 Å². The van der Waals surface area contributed by atoms with Gasteiger partial charge in [-0.2, -0.15) is 0 Å². The number of aromatic nitrogens is 1. The van der Waals surface area contributed by atoms with Crippen molar-refractivity contribution >= 4 is 22.7 Å². The number of aromatic amines is 1. The van der Waals surface area contributed by atoms with Crippen molar-refractivity contribution in [3.63, 3.8) is 0 Å². The number of hydrogen-bond donors (Lipinski definition) is 2. The number of nitrogens with one attached hydrogen (secondary N) is 1. The molecular weight excluding hydrogens is 350 g/mol. The summed E-state index contributed by atoms with van der Waals surface area (Å²) in [5.41, 5.74) is 2.95. The SMILES string of the molecule is CC(C(=O)O)c1cccc(C(=O)c2ccccc2)c1.c1ccc2[nH]ccc2c1. The van der Waals surface area contributed by atoms with E-state index in [9.17, 15) is 9.59 Å². The minimum Gasteiger partial charge on any atom is -0.481 e. The quantitative estimate of drug-likeness (QED) is 0.480. The molecular formula is C24H21NO3. The Hall–Kier alpha value is -3.66. The zero-order chi connectivity index (χ0) is 19.9. The van der Waals surface area contributed by atoms with Crippen LogP contribution in [-0.2, 0) is 4.79 Å². The van der Waals surface area contributed by atoms with E-state index in [1.165, 1.54) is 10.9 Å². The number of carbonyl (C=O) groups excluding carboxylic acids is 1. The average Bonchev–Trinajstić information content (AvgIpc) is 3.22. The molecule has 140 valence electrons. The summed E-state index contributed by atoms with van der Waals surface area (Å²) < 4.78 is 0. The largest absolute Gasteiger partial charge is 0.481 e. The van der Waals surface area contributed by atoms with Gasteiger partial charge < -0.3 is 10.1 Å². The lowest BCUT2D eigenvalue weighted by molar-refractivity contribution is -0.138. The molecule has 0 amide bonds. The highest BCUT2D eigenvalue weighted by atomic mass is 16.4. The third kappa shape index (κ3) is 4.54. The number of rotatable bonds is 4. The first kappa shape index (κ1) is 19.1. The fourth-order valence-electron chi connectivity index (χ4n) is 2.84. The number of benzene rings is 3. The third-order valence-electron chi connectivity index (χ3n) is 4.52. The van der Waals surface area contributed by atoms with Gasteiger partial charge in [0.2, 0.25) is 0 Å². The number of carboxylic acids is 1. The Morgan fingerprint density at radius 2 is 1.50 bits per heavy atom. The summed E-state index contributed by atoms with van der Waals surface area (Å²) >= 11 is 0. The fourth-order valence-corrected chi connectivity index (χ4v) is 2.84. The van der Waals surface area contributed by atoms with Gasteiger partial charge in [0.25, 0.3) is 0 Å². The van der Waals surface area contributed by atoms with E-state index in [1.807, 2.05) is 24.4 Å². The molecule has 1 heterocycles. The van der Waals surface area contributed by atoms with Crippen molar-refractivity contribution in [3.8, 4) is 0 Å². The number of para-hydroxylation sites is 1. The lowest BCUT2D eigenvalue weighted by Crippen LogP contribution is -2.09. The van der Waals surface area contributed by atoms with Crippen molar-refractivity contribution in [1.29, 1.82) is 0 Å². The maximum absolute atomic E-state index is 12.2. The average molecular weight is 371 g/mol. The van der Waals surface area contributed by atoms with Crippen molar-refractivity contribution in [3.05, 3.63) is 108 Å². The third-order valence-corrected chi connectivity index (χ3v) is 4.52. The molecule has 0 saturated heterocycles. The first-order valence-electron chi connectivity index (χ1n) is 9.01. The van der Waals surface area contributed by atoms with Crippen molar-refractivity contribution in [1.82, 2.24) is 4.98 Å². The normalized spacial score (nSPS) is 11.3. The summed E-state index contributed by atoms with van der Waals surface area (Å²) in [6.45, 7) is 1.61. The summed E-state index contributed by atoms with van der Waals surface area (Å²) in [4.78, 5) is 26.3. The minimum absolute atomic E-state index is 0.0972. The maximum atomic E-state index is 12.2. The van der Waals surface area contributed by atoms with Crippen LogP contribution in [0.15, 0.2) is 91.1 Å². The first-order chi connectivity index (χ1) is 13.6. The lowest BCUT2D eigenvalue weighted by atomic mass is 9.96. The molecule has 0 aliphatic heterocycles. The fraction of sp³-hybridized carbons (Fsp3) is 0.0833. The van der Waals surface area contributed by atoms with Gasteiger partial charge in [0.05, 0.1) is 5.92 Å². The summed E-state index contributed by atoms with van der Waals surface area (Å²) in [6, 6.07) is 26.0. The molecule has 0 saturated carbocycles. The van der Waals surface area contributed by atoms with Gasteiger partial charge in [0, 0.05) is 22.8 Å². The summed E-state index contributed by atoms with van der Waals surface area (Å²) in [5, 5.41) is 10.3. The Balaban J connectivity index is 0.000000206. The highest BCUT2D eigenvalue weighted by Gasteiger charge is 2.16. The van der Waals surface area contributed by atoms with E-state index in [1.54, 1.807) is 55.5 Å². The number of hydrogen-bond acceptors (Lipinski definition) is 2. The van der Waals surface area contributed by atoms with Crippen molar-refractivity contribution in [2.45, 2.75) is 12.8 Å². The molecule has 2 N–H and O–H groups in total. The lowest BCUT2D eigenvalue weighted by Gasteiger charge is -2.08. The van der Waals surface area contributed by atoms with Crippen LogP contribution in [0.1, 0.15) is 34.3 Å². The van der Waals surface area contributed by atoms with Gasteiger partial charge >= 0.3 is 5.97 Å². The zero-order valence-corrected chi connectivity index (χ0v) is 15.5.